The second-order valence-electron chi connectivity index (χ2n) is 5.81. The summed E-state index contributed by atoms with van der Waals surface area (Å²) in [5.74, 6) is -0.402. The topological polar surface area (TPSA) is 58.6 Å². The minimum atomic E-state index is -0.560. The van der Waals surface area contributed by atoms with Gasteiger partial charge in [-0.3, -0.25) is 0 Å². The lowest BCUT2D eigenvalue weighted by Gasteiger charge is -2.36. The van der Waals surface area contributed by atoms with Crippen LogP contribution in [0, 0.1) is 5.92 Å². The number of aromatic hydroxyl groups is 1. The molecule has 1 aromatic rings. The van der Waals surface area contributed by atoms with E-state index in [-0.39, 0.29) is 21.4 Å². The summed E-state index contributed by atoms with van der Waals surface area (Å²) in [5.41, 5.74) is -0.319. The second kappa shape index (κ2) is 6.42. The Labute approximate surface area is 134 Å². The third-order valence-corrected chi connectivity index (χ3v) is 4.51. The molecule has 1 aromatic carbocycles. The van der Waals surface area contributed by atoms with E-state index in [1.807, 2.05) is 13.8 Å². The number of carbonyl (C=O) groups is 1. The smallest absolute Gasteiger partial charge is 0.338 e. The number of piperidine rings is 1. The zero-order valence-corrected chi connectivity index (χ0v) is 13.6. The van der Waals surface area contributed by atoms with Crippen molar-refractivity contribution in [3.63, 3.8) is 0 Å². The molecule has 0 bridgehead atoms. The number of phenolic OH excluding ortho intramolecular Hbond substituents is 1. The van der Waals surface area contributed by atoms with Crippen LogP contribution < -0.4 is 5.32 Å². The van der Waals surface area contributed by atoms with Crippen molar-refractivity contribution in [2.75, 3.05) is 13.1 Å². The van der Waals surface area contributed by atoms with Crippen molar-refractivity contribution in [3.05, 3.63) is 27.7 Å². The molecule has 0 spiro atoms. The lowest BCUT2D eigenvalue weighted by molar-refractivity contribution is -0.0368. The van der Waals surface area contributed by atoms with Gasteiger partial charge in [-0.25, -0.2) is 4.79 Å². The number of nitrogens with one attached hydrogen (secondary N) is 1. The minimum absolute atomic E-state index is 0.0362. The van der Waals surface area contributed by atoms with Crippen molar-refractivity contribution >= 4 is 29.2 Å². The molecule has 1 aliphatic rings. The fourth-order valence-corrected chi connectivity index (χ4v) is 3.07. The largest absolute Gasteiger partial charge is 0.505 e. The van der Waals surface area contributed by atoms with Crippen LogP contribution in [0.2, 0.25) is 10.0 Å². The van der Waals surface area contributed by atoms with Gasteiger partial charge in [0.25, 0.3) is 0 Å². The summed E-state index contributed by atoms with van der Waals surface area (Å²) in [4.78, 5) is 12.3. The average Bonchev–Trinajstić information content (AvgIpc) is 2.44. The van der Waals surface area contributed by atoms with Gasteiger partial charge in [0.1, 0.15) is 5.60 Å². The summed E-state index contributed by atoms with van der Waals surface area (Å²) < 4.78 is 5.65. The Bertz CT molecular complexity index is 517. The highest BCUT2D eigenvalue weighted by atomic mass is 35.5. The monoisotopic (exact) mass is 331 g/mol. The van der Waals surface area contributed by atoms with Gasteiger partial charge in [0, 0.05) is 5.92 Å². The molecule has 0 saturated carbocycles. The number of hydrogen-bond donors (Lipinski definition) is 2. The highest BCUT2D eigenvalue weighted by Gasteiger charge is 2.34. The lowest BCUT2D eigenvalue weighted by Crippen LogP contribution is -2.42. The Morgan fingerprint density at radius 2 is 1.81 bits per heavy atom. The second-order valence-corrected chi connectivity index (χ2v) is 6.62. The van der Waals surface area contributed by atoms with Crippen LogP contribution in [0.1, 0.15) is 37.0 Å². The molecule has 116 valence electrons. The van der Waals surface area contributed by atoms with E-state index in [2.05, 4.69) is 5.32 Å². The molecule has 1 fully saturated rings. The number of benzene rings is 1. The van der Waals surface area contributed by atoms with E-state index < -0.39 is 11.6 Å². The minimum Gasteiger partial charge on any atom is -0.505 e. The maximum absolute atomic E-state index is 12.3. The predicted octanol–water partition coefficient (Wildman–Crippen LogP) is 3.63. The Morgan fingerprint density at radius 3 is 2.33 bits per heavy atom. The van der Waals surface area contributed by atoms with E-state index in [1.165, 1.54) is 12.1 Å². The van der Waals surface area contributed by atoms with Crippen molar-refractivity contribution < 1.29 is 14.6 Å². The number of esters is 1. The summed E-state index contributed by atoms with van der Waals surface area (Å²) >= 11 is 11.7. The molecule has 1 saturated heterocycles. The van der Waals surface area contributed by atoms with Crippen molar-refractivity contribution in [2.24, 2.45) is 5.92 Å². The average molecular weight is 332 g/mol. The zero-order chi connectivity index (χ0) is 15.6. The quantitative estimate of drug-likeness (QED) is 0.830. The van der Waals surface area contributed by atoms with Crippen molar-refractivity contribution in [1.82, 2.24) is 5.32 Å². The van der Waals surface area contributed by atoms with Crippen LogP contribution in [0.3, 0.4) is 0 Å². The van der Waals surface area contributed by atoms with Crippen LogP contribution >= 0.6 is 23.2 Å². The van der Waals surface area contributed by atoms with Crippen LogP contribution in [0.4, 0.5) is 0 Å². The lowest BCUT2D eigenvalue weighted by atomic mass is 9.83. The molecule has 2 rings (SSSR count). The zero-order valence-electron chi connectivity index (χ0n) is 12.1. The fraction of sp³-hybridized carbons (Fsp3) is 0.533. The summed E-state index contributed by atoms with van der Waals surface area (Å²) in [7, 11) is 0. The molecule has 4 nitrogen and oxygen atoms in total. The van der Waals surface area contributed by atoms with E-state index in [1.54, 1.807) is 0 Å². The van der Waals surface area contributed by atoms with Gasteiger partial charge in [-0.15, -0.1) is 0 Å². The normalized spacial score (nSPS) is 16.8. The highest BCUT2D eigenvalue weighted by Crippen LogP contribution is 2.34. The van der Waals surface area contributed by atoms with E-state index in [0.717, 1.165) is 25.9 Å². The molecule has 0 aliphatic carbocycles. The first kappa shape index (κ1) is 16.4. The molecule has 0 aromatic heterocycles. The maximum atomic E-state index is 12.3. The standard InChI is InChI=1S/C15H19Cl2NO3/c1-15(2,10-3-5-18-6-4-10)21-14(20)9-7-11(16)13(19)12(17)8-9/h7-8,10,18-19H,3-6H2,1-2H3. The first-order chi connectivity index (χ1) is 9.81. The number of carbonyl (C=O) groups excluding carboxylic acids is 1. The van der Waals surface area contributed by atoms with Crippen LogP contribution in [0.15, 0.2) is 12.1 Å². The number of ether oxygens (including phenoxy) is 1. The number of halogens is 2. The molecule has 6 heteroatoms. The summed E-state index contributed by atoms with van der Waals surface area (Å²) in [6.45, 7) is 5.71. The molecule has 1 aliphatic heterocycles. The van der Waals surface area contributed by atoms with Crippen molar-refractivity contribution in [2.45, 2.75) is 32.3 Å². The summed E-state index contributed by atoms with van der Waals surface area (Å²) in [6, 6.07) is 2.73. The van der Waals surface area contributed by atoms with E-state index in [4.69, 9.17) is 27.9 Å². The Morgan fingerprint density at radius 1 is 1.29 bits per heavy atom. The van der Waals surface area contributed by atoms with Gasteiger partial charge < -0.3 is 15.2 Å². The van der Waals surface area contributed by atoms with Gasteiger partial charge in [0.2, 0.25) is 0 Å². The number of phenols is 1. The van der Waals surface area contributed by atoms with Gasteiger partial charge in [-0.05, 0) is 51.9 Å². The van der Waals surface area contributed by atoms with Crippen LogP contribution in [0.5, 0.6) is 5.75 Å². The first-order valence-electron chi connectivity index (χ1n) is 6.93. The predicted molar refractivity (Wildman–Crippen MR) is 83.2 cm³/mol. The third-order valence-electron chi connectivity index (χ3n) is 3.93. The molecule has 21 heavy (non-hydrogen) atoms. The summed E-state index contributed by atoms with van der Waals surface area (Å²) in [6.07, 6.45) is 1.94. The number of rotatable bonds is 3. The molecular weight excluding hydrogens is 313 g/mol. The third kappa shape index (κ3) is 3.82. The van der Waals surface area contributed by atoms with Gasteiger partial charge in [-0.1, -0.05) is 23.2 Å². The van der Waals surface area contributed by atoms with Gasteiger partial charge >= 0.3 is 5.97 Å². The van der Waals surface area contributed by atoms with Gasteiger partial charge in [0.05, 0.1) is 15.6 Å². The maximum Gasteiger partial charge on any atom is 0.338 e. The molecule has 0 atom stereocenters. The van der Waals surface area contributed by atoms with E-state index >= 15 is 0 Å². The number of hydrogen-bond acceptors (Lipinski definition) is 4. The van der Waals surface area contributed by atoms with Gasteiger partial charge in [-0.2, -0.15) is 0 Å². The van der Waals surface area contributed by atoms with Crippen molar-refractivity contribution in [3.8, 4) is 5.75 Å². The molecule has 2 N–H and O–H groups in total. The van der Waals surface area contributed by atoms with Crippen LogP contribution in [-0.2, 0) is 4.74 Å². The first-order valence-corrected chi connectivity index (χ1v) is 7.69. The molecule has 1 heterocycles. The Hall–Kier alpha value is -0.970. The molecular formula is C15H19Cl2NO3. The molecule has 0 unspecified atom stereocenters. The Balaban J connectivity index is 2.13. The van der Waals surface area contributed by atoms with Crippen molar-refractivity contribution in [1.29, 1.82) is 0 Å². The van der Waals surface area contributed by atoms with Crippen LogP contribution in [0.25, 0.3) is 0 Å². The van der Waals surface area contributed by atoms with Crippen LogP contribution in [-0.4, -0.2) is 29.8 Å². The van der Waals surface area contributed by atoms with Gasteiger partial charge in [0.15, 0.2) is 5.75 Å². The Kier molecular flexibility index (Phi) is 5.02. The van der Waals surface area contributed by atoms with E-state index in [9.17, 15) is 9.90 Å². The molecule has 0 amide bonds. The summed E-state index contributed by atoms with van der Waals surface area (Å²) in [5, 5.41) is 12.9. The molecule has 0 radical (unpaired) electrons. The fourth-order valence-electron chi connectivity index (χ4n) is 2.58. The van der Waals surface area contributed by atoms with E-state index in [0.29, 0.717) is 5.92 Å². The highest BCUT2D eigenvalue weighted by molar-refractivity contribution is 6.37. The SMILES string of the molecule is CC(C)(OC(=O)c1cc(Cl)c(O)c(Cl)c1)C1CCNCC1.